The molecule has 1 amide bonds. The minimum Gasteiger partial charge on any atom is -0.495 e. The molecule has 31 heavy (non-hydrogen) atoms. The summed E-state index contributed by atoms with van der Waals surface area (Å²) in [6.45, 7) is 0.761. The summed E-state index contributed by atoms with van der Waals surface area (Å²) in [6.07, 6.45) is 5.26. The molecule has 2 aromatic carbocycles. The van der Waals surface area contributed by atoms with Crippen LogP contribution in [-0.2, 0) is 13.0 Å². The third kappa shape index (κ3) is 4.78. The zero-order valence-electron chi connectivity index (χ0n) is 17.2. The van der Waals surface area contributed by atoms with E-state index in [1.165, 1.54) is 29.8 Å². The Labute approximate surface area is 189 Å². The van der Waals surface area contributed by atoms with Crippen LogP contribution < -0.4 is 20.9 Å². The molecular formula is C22H23BrN6O2. The fourth-order valence-electron chi connectivity index (χ4n) is 3.55. The number of nitrogens with one attached hydrogen (secondary N) is 3. The number of hydrazine groups is 1. The first-order valence-electron chi connectivity index (χ1n) is 9.77. The van der Waals surface area contributed by atoms with Gasteiger partial charge >= 0.3 is 0 Å². The highest BCUT2D eigenvalue weighted by molar-refractivity contribution is 9.10. The van der Waals surface area contributed by atoms with Gasteiger partial charge in [-0.3, -0.25) is 20.5 Å². The number of aromatic nitrogens is 2. The van der Waals surface area contributed by atoms with Crippen LogP contribution in [0.25, 0.3) is 0 Å². The van der Waals surface area contributed by atoms with Crippen molar-refractivity contribution in [3.8, 4) is 5.75 Å². The summed E-state index contributed by atoms with van der Waals surface area (Å²) in [5, 5.41) is 3.60. The Morgan fingerprint density at radius 3 is 2.68 bits per heavy atom. The van der Waals surface area contributed by atoms with Gasteiger partial charge in [-0.25, -0.2) is 9.97 Å². The molecule has 1 aliphatic rings. The molecule has 0 saturated heterocycles. The second-order valence-corrected chi connectivity index (χ2v) is 8.14. The number of halogens is 1. The number of ether oxygens (including phenoxy) is 1. The topological polar surface area (TPSA) is 91.4 Å². The predicted molar refractivity (Wildman–Crippen MR) is 123 cm³/mol. The maximum Gasteiger partial charge on any atom is 0.272 e. The largest absolute Gasteiger partial charge is 0.495 e. The highest BCUT2D eigenvalue weighted by atomic mass is 79.9. The minimum atomic E-state index is -0.324. The van der Waals surface area contributed by atoms with Crippen LogP contribution in [0, 0.1) is 0 Å². The molecule has 2 heterocycles. The van der Waals surface area contributed by atoms with Gasteiger partial charge in [0.05, 0.1) is 24.5 Å². The highest BCUT2D eigenvalue weighted by Gasteiger charge is 2.25. The average molecular weight is 483 g/mol. The number of benzene rings is 2. The molecule has 9 heteroatoms. The normalized spacial score (nSPS) is 15.6. The van der Waals surface area contributed by atoms with Crippen LogP contribution in [0.4, 0.5) is 11.4 Å². The molecular weight excluding hydrogens is 460 g/mol. The predicted octanol–water partition coefficient (Wildman–Crippen LogP) is 3.43. The van der Waals surface area contributed by atoms with Crippen molar-refractivity contribution >= 4 is 33.2 Å². The SMILES string of the molecule is COc1cc2c(cc1NNC(=O)c1cncnc1)CN(C)C(Nc1ccccc1Br)C2. The van der Waals surface area contributed by atoms with E-state index < -0.39 is 0 Å². The van der Waals surface area contributed by atoms with Crippen LogP contribution >= 0.6 is 15.9 Å². The molecule has 1 atom stereocenters. The first kappa shape index (κ1) is 21.1. The number of nitrogens with zero attached hydrogens (tertiary/aromatic N) is 3. The number of fused-ring (bicyclic) bond motifs is 1. The van der Waals surface area contributed by atoms with Crippen molar-refractivity contribution < 1.29 is 9.53 Å². The van der Waals surface area contributed by atoms with Crippen molar-refractivity contribution in [2.45, 2.75) is 19.1 Å². The smallest absolute Gasteiger partial charge is 0.272 e. The molecule has 8 nitrogen and oxygen atoms in total. The van der Waals surface area contributed by atoms with Crippen molar-refractivity contribution in [2.75, 3.05) is 24.9 Å². The van der Waals surface area contributed by atoms with E-state index >= 15 is 0 Å². The lowest BCUT2D eigenvalue weighted by atomic mass is 9.96. The van der Waals surface area contributed by atoms with Crippen LogP contribution in [0.5, 0.6) is 5.75 Å². The Kier molecular flexibility index (Phi) is 6.34. The Balaban J connectivity index is 1.50. The molecule has 1 aromatic heterocycles. The Morgan fingerprint density at radius 1 is 1.16 bits per heavy atom. The van der Waals surface area contributed by atoms with E-state index in [2.05, 4.69) is 60.1 Å². The van der Waals surface area contributed by atoms with Gasteiger partial charge < -0.3 is 10.1 Å². The fourth-order valence-corrected chi connectivity index (χ4v) is 3.94. The highest BCUT2D eigenvalue weighted by Crippen LogP contribution is 2.33. The lowest BCUT2D eigenvalue weighted by molar-refractivity contribution is 0.0962. The molecule has 4 rings (SSSR count). The van der Waals surface area contributed by atoms with Gasteiger partial charge in [-0.1, -0.05) is 12.1 Å². The maximum atomic E-state index is 12.3. The van der Waals surface area contributed by atoms with Crippen molar-refractivity contribution in [1.82, 2.24) is 20.3 Å². The summed E-state index contributed by atoms with van der Waals surface area (Å²) in [5.74, 6) is 0.336. The second kappa shape index (κ2) is 9.32. The number of carbonyl (C=O) groups excluding carboxylic acids is 1. The number of hydrogen-bond donors (Lipinski definition) is 3. The summed E-state index contributed by atoms with van der Waals surface area (Å²) >= 11 is 3.60. The van der Waals surface area contributed by atoms with Gasteiger partial charge in [0, 0.05) is 35.5 Å². The monoisotopic (exact) mass is 482 g/mol. The van der Waals surface area contributed by atoms with Crippen LogP contribution in [0.15, 0.2) is 59.6 Å². The molecule has 0 spiro atoms. The van der Waals surface area contributed by atoms with Gasteiger partial charge in [0.25, 0.3) is 5.91 Å². The number of para-hydroxylation sites is 1. The van der Waals surface area contributed by atoms with E-state index in [4.69, 9.17) is 4.74 Å². The summed E-state index contributed by atoms with van der Waals surface area (Å²) in [7, 11) is 3.71. The number of rotatable bonds is 6. The zero-order chi connectivity index (χ0) is 21.8. The van der Waals surface area contributed by atoms with Gasteiger partial charge in [-0.15, -0.1) is 0 Å². The molecule has 0 bridgehead atoms. The van der Waals surface area contributed by atoms with E-state index in [1.807, 2.05) is 30.3 Å². The summed E-state index contributed by atoms with van der Waals surface area (Å²) in [6, 6.07) is 12.1. The first-order valence-corrected chi connectivity index (χ1v) is 10.6. The Hall–Kier alpha value is -3.17. The van der Waals surface area contributed by atoms with Gasteiger partial charge in [0.15, 0.2) is 0 Å². The van der Waals surface area contributed by atoms with E-state index in [0.717, 1.165) is 23.1 Å². The molecule has 0 saturated carbocycles. The third-order valence-corrected chi connectivity index (χ3v) is 5.91. The van der Waals surface area contributed by atoms with Gasteiger partial charge in [-0.05, 0) is 58.4 Å². The Morgan fingerprint density at radius 2 is 1.94 bits per heavy atom. The number of hydrogen-bond acceptors (Lipinski definition) is 7. The van der Waals surface area contributed by atoms with E-state index in [-0.39, 0.29) is 12.1 Å². The summed E-state index contributed by atoms with van der Waals surface area (Å²) in [5.41, 5.74) is 10.1. The minimum absolute atomic E-state index is 0.146. The van der Waals surface area contributed by atoms with Crippen molar-refractivity contribution in [2.24, 2.45) is 0 Å². The zero-order valence-corrected chi connectivity index (χ0v) is 18.8. The molecule has 1 aliphatic heterocycles. The Bertz CT molecular complexity index is 1080. The van der Waals surface area contributed by atoms with E-state index in [0.29, 0.717) is 17.0 Å². The number of anilines is 2. The van der Waals surface area contributed by atoms with Gasteiger partial charge in [-0.2, -0.15) is 0 Å². The first-order chi connectivity index (χ1) is 15.0. The quantitative estimate of drug-likeness (QED) is 0.463. The summed E-state index contributed by atoms with van der Waals surface area (Å²) < 4.78 is 6.60. The molecule has 3 N–H and O–H groups in total. The fraction of sp³-hybridized carbons (Fsp3) is 0.227. The number of methoxy groups -OCH3 is 1. The number of amides is 1. The molecule has 0 fully saturated rings. The van der Waals surface area contributed by atoms with Crippen LogP contribution in [-0.4, -0.2) is 41.1 Å². The van der Waals surface area contributed by atoms with E-state index in [9.17, 15) is 4.79 Å². The van der Waals surface area contributed by atoms with Gasteiger partial charge in [0.1, 0.15) is 12.1 Å². The van der Waals surface area contributed by atoms with Crippen molar-refractivity contribution in [1.29, 1.82) is 0 Å². The summed E-state index contributed by atoms with van der Waals surface area (Å²) in [4.78, 5) is 22.3. The molecule has 160 valence electrons. The molecule has 0 radical (unpaired) electrons. The lowest BCUT2D eigenvalue weighted by Gasteiger charge is -2.36. The maximum absolute atomic E-state index is 12.3. The van der Waals surface area contributed by atoms with Gasteiger partial charge in [0.2, 0.25) is 0 Å². The molecule has 0 aliphatic carbocycles. The van der Waals surface area contributed by atoms with Crippen LogP contribution in [0.2, 0.25) is 0 Å². The number of carbonyl (C=O) groups is 1. The molecule has 1 unspecified atom stereocenters. The molecule has 3 aromatic rings. The lowest BCUT2D eigenvalue weighted by Crippen LogP contribution is -2.43. The van der Waals surface area contributed by atoms with E-state index in [1.54, 1.807) is 7.11 Å². The van der Waals surface area contributed by atoms with Crippen molar-refractivity contribution in [3.63, 3.8) is 0 Å². The third-order valence-electron chi connectivity index (χ3n) is 5.22. The number of likely N-dealkylation sites (N-methyl/N-ethyl adjacent to an activating group) is 1. The second-order valence-electron chi connectivity index (χ2n) is 7.29. The standard InChI is InChI=1S/C22H23BrN6O2/c1-29-12-15-7-19(27-28-22(30)16-10-24-13-25-11-16)20(31-2)8-14(15)9-21(29)26-18-6-4-3-5-17(18)23/h3-8,10-11,13,21,26-27H,9,12H2,1-2H3,(H,28,30). The van der Waals surface area contributed by atoms with Crippen LogP contribution in [0.3, 0.4) is 0 Å². The van der Waals surface area contributed by atoms with Crippen molar-refractivity contribution in [3.05, 3.63) is 76.3 Å². The van der Waals surface area contributed by atoms with Crippen LogP contribution in [0.1, 0.15) is 21.5 Å². The average Bonchev–Trinajstić information content (AvgIpc) is 2.79.